The Labute approximate surface area is 160 Å². The van der Waals surface area contributed by atoms with Gasteiger partial charge >= 0.3 is 5.69 Å². The average Bonchev–Trinajstić information content (AvgIpc) is 2.66. The summed E-state index contributed by atoms with van der Waals surface area (Å²) < 4.78 is 0. The van der Waals surface area contributed by atoms with Crippen LogP contribution in [0.25, 0.3) is 0 Å². The third-order valence-electron chi connectivity index (χ3n) is 4.17. The first kappa shape index (κ1) is 18.8. The number of nitrogens with zero attached hydrogens (tertiary/aromatic N) is 5. The van der Waals surface area contributed by atoms with E-state index in [1.807, 2.05) is 11.9 Å². The van der Waals surface area contributed by atoms with Gasteiger partial charge in [0.15, 0.2) is 0 Å². The van der Waals surface area contributed by atoms with Crippen LogP contribution in [-0.4, -0.2) is 58.9 Å². The number of hydrazine groups is 1. The van der Waals surface area contributed by atoms with Gasteiger partial charge in [0.05, 0.1) is 4.92 Å². The molecule has 0 aliphatic carbocycles. The second-order valence-electron chi connectivity index (χ2n) is 6.03. The predicted molar refractivity (Wildman–Crippen MR) is 101 cm³/mol. The fourth-order valence-corrected chi connectivity index (χ4v) is 2.89. The number of hydrogen-bond donors (Lipinski definition) is 2. The van der Waals surface area contributed by atoms with Gasteiger partial charge in [-0.05, 0) is 25.2 Å². The highest BCUT2D eigenvalue weighted by atomic mass is 35.5. The monoisotopic (exact) mass is 391 g/mol. The van der Waals surface area contributed by atoms with Crippen molar-refractivity contribution < 1.29 is 9.72 Å². The Morgan fingerprint density at radius 1 is 1.26 bits per heavy atom. The maximum absolute atomic E-state index is 12.2. The first-order valence-electron chi connectivity index (χ1n) is 8.20. The second kappa shape index (κ2) is 8.14. The SMILES string of the molecule is CN1CCN(c2ncnc(NNC(=O)c3cccc(Cl)c3)c2[N+](=O)[O-])CC1. The van der Waals surface area contributed by atoms with Gasteiger partial charge in [-0.15, -0.1) is 0 Å². The number of rotatable bonds is 5. The number of anilines is 2. The van der Waals surface area contributed by atoms with Gasteiger partial charge in [0, 0.05) is 36.8 Å². The highest BCUT2D eigenvalue weighted by molar-refractivity contribution is 6.30. The van der Waals surface area contributed by atoms with Gasteiger partial charge in [0.1, 0.15) is 6.33 Å². The number of halogens is 1. The summed E-state index contributed by atoms with van der Waals surface area (Å²) >= 11 is 5.87. The fourth-order valence-electron chi connectivity index (χ4n) is 2.70. The molecule has 11 heteroatoms. The number of likely N-dealkylation sites (N-methyl/N-ethyl adjacent to an activating group) is 1. The molecule has 0 saturated carbocycles. The molecule has 1 aliphatic rings. The number of benzene rings is 1. The first-order chi connectivity index (χ1) is 13.0. The van der Waals surface area contributed by atoms with Crippen molar-refractivity contribution in [3.63, 3.8) is 0 Å². The fraction of sp³-hybridized carbons (Fsp3) is 0.312. The number of carbonyl (C=O) groups is 1. The van der Waals surface area contributed by atoms with Crippen LogP contribution in [0.15, 0.2) is 30.6 Å². The molecule has 1 aromatic carbocycles. The third-order valence-corrected chi connectivity index (χ3v) is 4.40. The minimum absolute atomic E-state index is 0.0840. The van der Waals surface area contributed by atoms with Crippen LogP contribution in [0.5, 0.6) is 0 Å². The lowest BCUT2D eigenvalue weighted by atomic mass is 10.2. The molecule has 1 amide bonds. The summed E-state index contributed by atoms with van der Waals surface area (Å²) in [5.41, 5.74) is 4.96. The van der Waals surface area contributed by atoms with E-state index in [0.717, 1.165) is 13.1 Å². The van der Waals surface area contributed by atoms with E-state index >= 15 is 0 Å². The molecule has 1 aliphatic heterocycles. The highest BCUT2D eigenvalue weighted by Crippen LogP contribution is 2.31. The van der Waals surface area contributed by atoms with Crippen LogP contribution in [0, 0.1) is 10.1 Å². The summed E-state index contributed by atoms with van der Waals surface area (Å²) in [7, 11) is 1.99. The average molecular weight is 392 g/mol. The van der Waals surface area contributed by atoms with E-state index in [2.05, 4.69) is 25.7 Å². The summed E-state index contributed by atoms with van der Waals surface area (Å²) in [6.45, 7) is 2.77. The zero-order chi connectivity index (χ0) is 19.4. The zero-order valence-corrected chi connectivity index (χ0v) is 15.3. The zero-order valence-electron chi connectivity index (χ0n) is 14.6. The lowest BCUT2D eigenvalue weighted by molar-refractivity contribution is -0.383. The van der Waals surface area contributed by atoms with Gasteiger partial charge in [0.25, 0.3) is 5.91 Å². The van der Waals surface area contributed by atoms with E-state index in [-0.39, 0.29) is 17.3 Å². The molecule has 1 fully saturated rings. The third kappa shape index (κ3) is 4.41. The van der Waals surface area contributed by atoms with Gasteiger partial charge in [0.2, 0.25) is 11.6 Å². The van der Waals surface area contributed by atoms with Crippen molar-refractivity contribution in [1.29, 1.82) is 0 Å². The molecule has 0 atom stereocenters. The summed E-state index contributed by atoms with van der Waals surface area (Å²) in [6, 6.07) is 6.34. The molecule has 1 aromatic heterocycles. The Kier molecular flexibility index (Phi) is 5.67. The van der Waals surface area contributed by atoms with Crippen LogP contribution < -0.4 is 15.8 Å². The lowest BCUT2D eigenvalue weighted by Crippen LogP contribution is -2.45. The maximum atomic E-state index is 12.2. The second-order valence-corrected chi connectivity index (χ2v) is 6.47. The van der Waals surface area contributed by atoms with Crippen LogP contribution in [0.1, 0.15) is 10.4 Å². The van der Waals surface area contributed by atoms with E-state index in [0.29, 0.717) is 23.7 Å². The van der Waals surface area contributed by atoms with Gasteiger partial charge in [-0.25, -0.2) is 9.97 Å². The lowest BCUT2D eigenvalue weighted by Gasteiger charge is -2.32. The topological polar surface area (TPSA) is 117 Å². The van der Waals surface area contributed by atoms with Crippen LogP contribution in [0.4, 0.5) is 17.3 Å². The number of piperazine rings is 1. The molecule has 0 unspecified atom stereocenters. The van der Waals surface area contributed by atoms with Gasteiger partial charge in [-0.2, -0.15) is 0 Å². The van der Waals surface area contributed by atoms with Gasteiger partial charge in [-0.1, -0.05) is 17.7 Å². The van der Waals surface area contributed by atoms with E-state index in [1.54, 1.807) is 18.2 Å². The van der Waals surface area contributed by atoms with Crippen molar-refractivity contribution in [3.05, 3.63) is 51.3 Å². The van der Waals surface area contributed by atoms with Crippen molar-refractivity contribution in [2.24, 2.45) is 0 Å². The predicted octanol–water partition coefficient (Wildman–Crippen LogP) is 1.55. The molecule has 0 spiro atoms. The summed E-state index contributed by atoms with van der Waals surface area (Å²) in [5.74, 6) is -0.353. The Balaban J connectivity index is 1.80. The minimum Gasteiger partial charge on any atom is -0.348 e. The molecular weight excluding hydrogens is 374 g/mol. The Bertz CT molecular complexity index is 856. The number of amides is 1. The molecule has 3 rings (SSSR count). The molecule has 0 bridgehead atoms. The molecule has 10 nitrogen and oxygen atoms in total. The molecule has 0 radical (unpaired) electrons. The van der Waals surface area contributed by atoms with Crippen LogP contribution in [-0.2, 0) is 0 Å². The summed E-state index contributed by atoms with van der Waals surface area (Å²) in [4.78, 5) is 35.3. The van der Waals surface area contributed by atoms with Crippen LogP contribution in [0.3, 0.4) is 0 Å². The maximum Gasteiger partial charge on any atom is 0.355 e. The number of aromatic nitrogens is 2. The molecular formula is C16H18ClN7O3. The largest absolute Gasteiger partial charge is 0.355 e. The number of carbonyl (C=O) groups excluding carboxylic acids is 1. The van der Waals surface area contributed by atoms with Crippen LogP contribution in [0.2, 0.25) is 5.02 Å². The quantitative estimate of drug-likeness (QED) is 0.582. The van der Waals surface area contributed by atoms with E-state index in [9.17, 15) is 14.9 Å². The highest BCUT2D eigenvalue weighted by Gasteiger charge is 2.29. The molecule has 1 saturated heterocycles. The van der Waals surface area contributed by atoms with Crippen molar-refractivity contribution in [1.82, 2.24) is 20.3 Å². The number of nitro groups is 1. The number of nitrogens with one attached hydrogen (secondary N) is 2. The molecule has 2 aromatic rings. The van der Waals surface area contributed by atoms with Gasteiger partial charge < -0.3 is 9.80 Å². The van der Waals surface area contributed by atoms with E-state index in [4.69, 9.17) is 11.6 Å². The smallest absolute Gasteiger partial charge is 0.348 e. The Morgan fingerprint density at radius 2 is 2.00 bits per heavy atom. The van der Waals surface area contributed by atoms with Gasteiger partial charge in [-0.3, -0.25) is 25.8 Å². The minimum atomic E-state index is -0.554. The Hall–Kier alpha value is -2.98. The summed E-state index contributed by atoms with van der Waals surface area (Å²) in [6.07, 6.45) is 1.23. The van der Waals surface area contributed by atoms with Crippen LogP contribution >= 0.6 is 11.6 Å². The molecule has 27 heavy (non-hydrogen) atoms. The van der Waals surface area contributed by atoms with E-state index < -0.39 is 10.8 Å². The van der Waals surface area contributed by atoms with Crippen molar-refractivity contribution in [2.45, 2.75) is 0 Å². The van der Waals surface area contributed by atoms with Crippen molar-refractivity contribution >= 4 is 34.8 Å². The molecule has 142 valence electrons. The Morgan fingerprint density at radius 3 is 2.67 bits per heavy atom. The molecule has 2 heterocycles. The standard InChI is InChI=1S/C16H18ClN7O3/c1-22-5-7-23(8-6-22)15-13(24(26)27)14(18-10-19-15)20-21-16(25)11-3-2-4-12(17)9-11/h2-4,9-10H,5-8H2,1H3,(H,21,25)(H,18,19,20). The van der Waals surface area contributed by atoms with Crippen molar-refractivity contribution in [2.75, 3.05) is 43.6 Å². The van der Waals surface area contributed by atoms with Crippen molar-refractivity contribution in [3.8, 4) is 0 Å². The normalized spacial score (nSPS) is 14.7. The first-order valence-corrected chi connectivity index (χ1v) is 8.58. The summed E-state index contributed by atoms with van der Waals surface area (Å²) in [5, 5.41) is 12.0. The number of hydrogen-bond acceptors (Lipinski definition) is 8. The van der Waals surface area contributed by atoms with E-state index in [1.165, 1.54) is 12.4 Å². The molecule has 2 N–H and O–H groups in total.